The van der Waals surface area contributed by atoms with Gasteiger partial charge >= 0.3 is 0 Å². The van der Waals surface area contributed by atoms with Crippen LogP contribution < -0.4 is 0 Å². The Bertz CT molecular complexity index is 117. The molecule has 0 aromatic heterocycles. The van der Waals surface area contributed by atoms with E-state index in [0.29, 0.717) is 0 Å². The first-order valence-electron chi connectivity index (χ1n) is 2.67. The van der Waals surface area contributed by atoms with E-state index in [9.17, 15) is 0 Å². The van der Waals surface area contributed by atoms with Gasteiger partial charge in [-0.1, -0.05) is 20.4 Å². The lowest BCUT2D eigenvalue weighted by atomic mass is 10.4. The molecule has 0 amide bonds. The highest BCUT2D eigenvalue weighted by molar-refractivity contribution is 5.25. The minimum absolute atomic E-state index is 0.775. The SMILES string of the molecule is C=C=C1C(C)C1C. The molecule has 2 unspecified atom stereocenters. The van der Waals surface area contributed by atoms with Crippen molar-refractivity contribution >= 4 is 0 Å². The largest absolute Gasteiger partial charge is 0.129 e. The molecule has 0 bridgehead atoms. The first-order chi connectivity index (χ1) is 3.27. The zero-order valence-electron chi connectivity index (χ0n) is 4.86. The normalized spacial score (nSPS) is 37.7. The van der Waals surface area contributed by atoms with Crippen LogP contribution in [0.25, 0.3) is 0 Å². The molecule has 0 aromatic carbocycles. The Morgan fingerprint density at radius 1 is 1.43 bits per heavy atom. The van der Waals surface area contributed by atoms with Gasteiger partial charge in [-0.25, -0.2) is 0 Å². The van der Waals surface area contributed by atoms with E-state index in [1.165, 1.54) is 5.57 Å². The van der Waals surface area contributed by atoms with Crippen LogP contribution >= 0.6 is 0 Å². The summed E-state index contributed by atoms with van der Waals surface area (Å²) >= 11 is 0. The maximum Gasteiger partial charge on any atom is -0.00836 e. The van der Waals surface area contributed by atoms with E-state index in [0.717, 1.165) is 11.8 Å². The van der Waals surface area contributed by atoms with Crippen molar-refractivity contribution in [1.82, 2.24) is 0 Å². The highest BCUT2D eigenvalue weighted by Gasteiger charge is 2.34. The quantitative estimate of drug-likeness (QED) is 0.403. The first-order valence-corrected chi connectivity index (χ1v) is 2.67. The van der Waals surface area contributed by atoms with Crippen molar-refractivity contribution in [3.8, 4) is 0 Å². The zero-order valence-corrected chi connectivity index (χ0v) is 4.86. The van der Waals surface area contributed by atoms with Gasteiger partial charge in [0.25, 0.3) is 0 Å². The van der Waals surface area contributed by atoms with Gasteiger partial charge in [-0.05, 0) is 17.4 Å². The summed E-state index contributed by atoms with van der Waals surface area (Å²) in [6.45, 7) is 7.97. The van der Waals surface area contributed by atoms with Gasteiger partial charge in [-0.2, -0.15) is 0 Å². The summed E-state index contributed by atoms with van der Waals surface area (Å²) in [6, 6.07) is 0. The minimum atomic E-state index is 0.775. The second-order valence-corrected chi connectivity index (χ2v) is 2.21. The predicted octanol–water partition coefficient (Wildman–Crippen LogP) is 1.98. The second-order valence-electron chi connectivity index (χ2n) is 2.21. The summed E-state index contributed by atoms with van der Waals surface area (Å²) in [5.41, 5.74) is 4.31. The van der Waals surface area contributed by atoms with E-state index in [-0.39, 0.29) is 0 Å². The van der Waals surface area contributed by atoms with Gasteiger partial charge in [-0.15, -0.1) is 5.73 Å². The molecule has 1 aliphatic rings. The monoisotopic (exact) mass is 94.1 g/mol. The van der Waals surface area contributed by atoms with Crippen LogP contribution in [0.3, 0.4) is 0 Å². The molecule has 0 N–H and O–H groups in total. The molecule has 0 radical (unpaired) electrons. The Kier molecular flexibility index (Phi) is 0.831. The van der Waals surface area contributed by atoms with Gasteiger partial charge in [0.15, 0.2) is 0 Å². The summed E-state index contributed by atoms with van der Waals surface area (Å²) in [7, 11) is 0. The molecule has 38 valence electrons. The van der Waals surface area contributed by atoms with Crippen molar-refractivity contribution in [2.24, 2.45) is 11.8 Å². The first kappa shape index (κ1) is 4.67. The van der Waals surface area contributed by atoms with E-state index in [2.05, 4.69) is 26.2 Å². The van der Waals surface area contributed by atoms with Gasteiger partial charge in [0.1, 0.15) is 0 Å². The molecule has 1 rings (SSSR count). The van der Waals surface area contributed by atoms with Crippen LogP contribution in [0.4, 0.5) is 0 Å². The Labute approximate surface area is 44.5 Å². The third-order valence-corrected chi connectivity index (χ3v) is 1.83. The fourth-order valence-electron chi connectivity index (χ4n) is 0.889. The zero-order chi connectivity index (χ0) is 5.44. The molecule has 7 heavy (non-hydrogen) atoms. The Morgan fingerprint density at radius 2 is 1.86 bits per heavy atom. The predicted molar refractivity (Wildman–Crippen MR) is 31.0 cm³/mol. The molecule has 0 spiro atoms. The van der Waals surface area contributed by atoms with E-state index < -0.39 is 0 Å². The van der Waals surface area contributed by atoms with E-state index in [1.807, 2.05) is 0 Å². The average Bonchev–Trinajstić information content (AvgIpc) is 2.17. The van der Waals surface area contributed by atoms with Crippen LogP contribution in [0.1, 0.15) is 13.8 Å². The molecular weight excluding hydrogens is 84.1 g/mol. The molecule has 1 saturated carbocycles. The average molecular weight is 94.2 g/mol. The third kappa shape index (κ3) is 0.515. The van der Waals surface area contributed by atoms with Crippen LogP contribution in [0, 0.1) is 11.8 Å². The van der Waals surface area contributed by atoms with Crippen molar-refractivity contribution in [1.29, 1.82) is 0 Å². The van der Waals surface area contributed by atoms with Crippen molar-refractivity contribution in [3.05, 3.63) is 17.9 Å². The summed E-state index contributed by atoms with van der Waals surface area (Å²) in [5.74, 6) is 1.55. The maximum absolute atomic E-state index is 3.56. The van der Waals surface area contributed by atoms with Gasteiger partial charge in [0.05, 0.1) is 0 Å². The van der Waals surface area contributed by atoms with Crippen LogP contribution in [-0.4, -0.2) is 0 Å². The molecule has 0 heteroatoms. The number of hydrogen-bond donors (Lipinski definition) is 0. The smallest absolute Gasteiger partial charge is 0.00836 e. The summed E-state index contributed by atoms with van der Waals surface area (Å²) in [6.07, 6.45) is 0. The van der Waals surface area contributed by atoms with E-state index >= 15 is 0 Å². The molecule has 0 saturated heterocycles. The van der Waals surface area contributed by atoms with Crippen LogP contribution in [-0.2, 0) is 0 Å². The Morgan fingerprint density at radius 3 is 1.86 bits per heavy atom. The van der Waals surface area contributed by atoms with Crippen LogP contribution in [0.2, 0.25) is 0 Å². The van der Waals surface area contributed by atoms with Crippen molar-refractivity contribution in [3.63, 3.8) is 0 Å². The van der Waals surface area contributed by atoms with Gasteiger partial charge in [0.2, 0.25) is 0 Å². The number of hydrogen-bond acceptors (Lipinski definition) is 0. The topological polar surface area (TPSA) is 0 Å². The molecular formula is C7H10. The minimum Gasteiger partial charge on any atom is -0.129 e. The van der Waals surface area contributed by atoms with Gasteiger partial charge < -0.3 is 0 Å². The van der Waals surface area contributed by atoms with E-state index in [4.69, 9.17) is 0 Å². The lowest BCUT2D eigenvalue weighted by molar-refractivity contribution is 0.834. The standard InChI is InChI=1S/C7H10/c1-4-7-5(2)6(7)3/h5-6H,1H2,2-3H3. The fourth-order valence-corrected chi connectivity index (χ4v) is 0.889. The van der Waals surface area contributed by atoms with Gasteiger partial charge in [0, 0.05) is 0 Å². The molecule has 0 aromatic rings. The van der Waals surface area contributed by atoms with E-state index in [1.54, 1.807) is 0 Å². The summed E-state index contributed by atoms with van der Waals surface area (Å²) < 4.78 is 0. The van der Waals surface area contributed by atoms with Crippen molar-refractivity contribution in [2.75, 3.05) is 0 Å². The lowest BCUT2D eigenvalue weighted by Gasteiger charge is -1.64. The molecule has 0 aliphatic heterocycles. The third-order valence-electron chi connectivity index (χ3n) is 1.83. The number of rotatable bonds is 0. The molecule has 1 aliphatic carbocycles. The molecule has 2 atom stereocenters. The lowest BCUT2D eigenvalue weighted by Crippen LogP contribution is -1.58. The maximum atomic E-state index is 3.56. The van der Waals surface area contributed by atoms with Gasteiger partial charge in [-0.3, -0.25) is 0 Å². The van der Waals surface area contributed by atoms with Crippen LogP contribution in [0.5, 0.6) is 0 Å². The highest BCUT2D eigenvalue weighted by atomic mass is 14.4. The molecule has 0 nitrogen and oxygen atoms in total. The van der Waals surface area contributed by atoms with Crippen LogP contribution in [0.15, 0.2) is 17.9 Å². The highest BCUT2D eigenvalue weighted by Crippen LogP contribution is 2.43. The Balaban J connectivity index is 2.71. The summed E-state index contributed by atoms with van der Waals surface area (Å²) in [5, 5.41) is 0. The summed E-state index contributed by atoms with van der Waals surface area (Å²) in [4.78, 5) is 0. The Hall–Kier alpha value is -0.480. The number of allylic oxidation sites excluding steroid dienone is 1. The van der Waals surface area contributed by atoms with Crippen molar-refractivity contribution in [2.45, 2.75) is 13.8 Å². The molecule has 1 fully saturated rings. The fraction of sp³-hybridized carbons (Fsp3) is 0.571. The molecule has 0 heterocycles. The van der Waals surface area contributed by atoms with Crippen molar-refractivity contribution < 1.29 is 0 Å². The second kappa shape index (κ2) is 1.24.